The summed E-state index contributed by atoms with van der Waals surface area (Å²) in [7, 11) is 0. The molecule has 0 aliphatic heterocycles. The molecular weight excluding hydrogens is 282 g/mol. The molecule has 0 aliphatic rings. The van der Waals surface area contributed by atoms with Crippen LogP contribution in [0, 0.1) is 0 Å². The van der Waals surface area contributed by atoms with Crippen LogP contribution in [-0.4, -0.2) is 22.1 Å². The number of carbonyl (C=O) groups excluding carboxylic acids is 1. The maximum absolute atomic E-state index is 11.8. The Labute approximate surface area is 131 Å². The zero-order valence-corrected chi connectivity index (χ0v) is 12.9. The smallest absolute Gasteiger partial charge is 0.303 e. The van der Waals surface area contributed by atoms with Gasteiger partial charge in [-0.05, 0) is 18.9 Å². The van der Waals surface area contributed by atoms with Crippen LogP contribution in [0.2, 0.25) is 0 Å². The second-order valence-electron chi connectivity index (χ2n) is 5.38. The maximum atomic E-state index is 11.8. The molecule has 0 saturated heterocycles. The Morgan fingerprint density at radius 1 is 0.909 bits per heavy atom. The molecule has 0 spiro atoms. The Morgan fingerprint density at radius 3 is 2.14 bits per heavy atom. The summed E-state index contributed by atoms with van der Waals surface area (Å²) in [5, 5.41) is 20.5. The van der Waals surface area contributed by atoms with E-state index in [1.165, 1.54) is 0 Å². The first kappa shape index (κ1) is 18.2. The van der Waals surface area contributed by atoms with Gasteiger partial charge < -0.3 is 15.5 Å². The highest BCUT2D eigenvalue weighted by Crippen LogP contribution is 2.15. The summed E-state index contributed by atoms with van der Waals surface area (Å²) in [6, 6.07) is 7.22. The van der Waals surface area contributed by atoms with E-state index < -0.39 is 5.97 Å². The van der Waals surface area contributed by atoms with Crippen LogP contribution in [0.15, 0.2) is 24.3 Å². The first-order chi connectivity index (χ1) is 10.6. The second-order valence-corrected chi connectivity index (χ2v) is 5.38. The Hall–Kier alpha value is -1.88. The molecule has 0 fully saturated rings. The maximum Gasteiger partial charge on any atom is 0.303 e. The van der Waals surface area contributed by atoms with Crippen LogP contribution >= 0.6 is 0 Å². The van der Waals surface area contributed by atoms with Gasteiger partial charge in [0.25, 0.3) is 0 Å². The van der Waals surface area contributed by atoms with Crippen molar-refractivity contribution in [1.29, 1.82) is 0 Å². The average Bonchev–Trinajstić information content (AvgIpc) is 2.50. The minimum absolute atomic E-state index is 0.0354. The summed E-state index contributed by atoms with van der Waals surface area (Å²) < 4.78 is 0. The summed E-state index contributed by atoms with van der Waals surface area (Å²) in [5.41, 5.74) is 1.39. The second kappa shape index (κ2) is 10.8. The van der Waals surface area contributed by atoms with Gasteiger partial charge in [0.05, 0.1) is 6.61 Å². The van der Waals surface area contributed by atoms with Crippen LogP contribution in [0.25, 0.3) is 0 Å². The van der Waals surface area contributed by atoms with Gasteiger partial charge in [0, 0.05) is 24.1 Å². The number of hydrogen-bond acceptors (Lipinski definition) is 3. The first-order valence-corrected chi connectivity index (χ1v) is 7.84. The Balaban J connectivity index is 2.10. The van der Waals surface area contributed by atoms with Crippen molar-refractivity contribution < 1.29 is 19.8 Å². The lowest BCUT2D eigenvalue weighted by Gasteiger charge is -2.09. The number of carbonyl (C=O) groups is 2. The number of anilines is 1. The molecular formula is C17H25NO4. The minimum Gasteiger partial charge on any atom is -0.481 e. The number of hydrogen-bond donors (Lipinski definition) is 3. The summed E-state index contributed by atoms with van der Waals surface area (Å²) in [6.07, 6.45) is 6.22. The lowest BCUT2D eigenvalue weighted by Crippen LogP contribution is -2.12. The van der Waals surface area contributed by atoms with Gasteiger partial charge in [-0.15, -0.1) is 0 Å². The number of aliphatic hydroxyl groups is 1. The van der Waals surface area contributed by atoms with Crippen molar-refractivity contribution in [3.05, 3.63) is 29.8 Å². The zero-order valence-electron chi connectivity index (χ0n) is 12.9. The van der Waals surface area contributed by atoms with Crippen LogP contribution in [-0.2, 0) is 16.2 Å². The molecule has 3 N–H and O–H groups in total. The highest BCUT2D eigenvalue weighted by Gasteiger charge is 2.05. The third kappa shape index (κ3) is 7.78. The fourth-order valence-corrected chi connectivity index (χ4v) is 2.26. The predicted octanol–water partition coefficient (Wildman–Crippen LogP) is 3.32. The summed E-state index contributed by atoms with van der Waals surface area (Å²) in [4.78, 5) is 22.2. The number of amides is 1. The number of rotatable bonds is 11. The first-order valence-electron chi connectivity index (χ1n) is 7.84. The number of benzene rings is 1. The number of carboxylic acids is 1. The average molecular weight is 307 g/mol. The Kier molecular flexibility index (Phi) is 8.91. The SMILES string of the molecule is O=C(O)CCCCCCCCC(=O)Nc1ccccc1CO. The quantitative estimate of drug-likeness (QED) is 0.547. The predicted molar refractivity (Wildman–Crippen MR) is 85.6 cm³/mol. The van der Waals surface area contributed by atoms with Gasteiger partial charge >= 0.3 is 5.97 Å². The molecule has 5 heteroatoms. The van der Waals surface area contributed by atoms with E-state index >= 15 is 0 Å². The lowest BCUT2D eigenvalue weighted by atomic mass is 10.1. The number of para-hydroxylation sites is 1. The minimum atomic E-state index is -0.736. The third-order valence-corrected chi connectivity index (χ3v) is 3.51. The van der Waals surface area contributed by atoms with Crippen LogP contribution in [0.5, 0.6) is 0 Å². The third-order valence-electron chi connectivity index (χ3n) is 3.51. The van der Waals surface area contributed by atoms with Gasteiger partial charge in [-0.25, -0.2) is 0 Å². The number of carboxylic acid groups (broad SMARTS) is 1. The monoisotopic (exact) mass is 307 g/mol. The molecule has 1 aromatic rings. The molecule has 1 amide bonds. The highest BCUT2D eigenvalue weighted by molar-refractivity contribution is 5.91. The molecule has 1 aromatic carbocycles. The molecule has 22 heavy (non-hydrogen) atoms. The molecule has 0 atom stereocenters. The van der Waals surface area contributed by atoms with E-state index in [-0.39, 0.29) is 18.9 Å². The van der Waals surface area contributed by atoms with Crippen LogP contribution < -0.4 is 5.32 Å². The van der Waals surface area contributed by atoms with Crippen molar-refractivity contribution in [2.45, 2.75) is 58.0 Å². The summed E-state index contributed by atoms with van der Waals surface area (Å²) >= 11 is 0. The standard InChI is InChI=1S/C17H25NO4/c19-13-14-9-7-8-10-15(14)18-16(20)11-5-3-1-2-4-6-12-17(21)22/h7-10,19H,1-6,11-13H2,(H,18,20)(H,21,22). The van der Waals surface area contributed by atoms with Crippen molar-refractivity contribution in [2.75, 3.05) is 5.32 Å². The summed E-state index contributed by atoms with van der Waals surface area (Å²) in [5.74, 6) is -0.772. The lowest BCUT2D eigenvalue weighted by molar-refractivity contribution is -0.137. The Bertz CT molecular complexity index is 473. The fourth-order valence-electron chi connectivity index (χ4n) is 2.26. The molecule has 5 nitrogen and oxygen atoms in total. The van der Waals surface area contributed by atoms with E-state index in [1.54, 1.807) is 12.1 Å². The van der Waals surface area contributed by atoms with Gasteiger partial charge in [-0.1, -0.05) is 43.9 Å². The van der Waals surface area contributed by atoms with Gasteiger partial charge in [0.2, 0.25) is 5.91 Å². The topological polar surface area (TPSA) is 86.6 Å². The fraction of sp³-hybridized carbons (Fsp3) is 0.529. The molecule has 122 valence electrons. The molecule has 0 bridgehead atoms. The van der Waals surface area contributed by atoms with Crippen molar-refractivity contribution in [1.82, 2.24) is 0 Å². The zero-order chi connectivity index (χ0) is 16.2. The largest absolute Gasteiger partial charge is 0.481 e. The van der Waals surface area contributed by atoms with E-state index in [4.69, 9.17) is 5.11 Å². The van der Waals surface area contributed by atoms with Gasteiger partial charge in [0.1, 0.15) is 0 Å². The van der Waals surface area contributed by atoms with E-state index in [0.29, 0.717) is 17.7 Å². The van der Waals surface area contributed by atoms with Crippen LogP contribution in [0.3, 0.4) is 0 Å². The summed E-state index contributed by atoms with van der Waals surface area (Å²) in [6.45, 7) is -0.0905. The normalized spacial score (nSPS) is 10.4. The molecule has 0 heterocycles. The molecule has 0 unspecified atom stereocenters. The molecule has 1 rings (SSSR count). The van der Waals surface area contributed by atoms with Gasteiger partial charge in [0.15, 0.2) is 0 Å². The van der Waals surface area contributed by atoms with Crippen molar-refractivity contribution in [3.8, 4) is 0 Å². The number of aliphatic hydroxyl groups excluding tert-OH is 1. The molecule has 0 aliphatic carbocycles. The molecule has 0 saturated carbocycles. The van der Waals surface area contributed by atoms with E-state index in [2.05, 4.69) is 5.32 Å². The molecule has 0 radical (unpaired) electrons. The number of unbranched alkanes of at least 4 members (excludes halogenated alkanes) is 5. The van der Waals surface area contributed by atoms with Gasteiger partial charge in [-0.3, -0.25) is 9.59 Å². The Morgan fingerprint density at radius 2 is 1.50 bits per heavy atom. The van der Waals surface area contributed by atoms with Crippen LogP contribution in [0.4, 0.5) is 5.69 Å². The van der Waals surface area contributed by atoms with Crippen LogP contribution in [0.1, 0.15) is 56.9 Å². The van der Waals surface area contributed by atoms with Gasteiger partial charge in [-0.2, -0.15) is 0 Å². The number of aliphatic carboxylic acids is 1. The van der Waals surface area contributed by atoms with E-state index in [0.717, 1.165) is 38.5 Å². The van der Waals surface area contributed by atoms with Crippen molar-refractivity contribution in [3.63, 3.8) is 0 Å². The molecule has 0 aromatic heterocycles. The highest BCUT2D eigenvalue weighted by atomic mass is 16.4. The van der Waals surface area contributed by atoms with E-state index in [1.807, 2.05) is 12.1 Å². The van der Waals surface area contributed by atoms with Crippen molar-refractivity contribution in [2.24, 2.45) is 0 Å². The number of nitrogens with one attached hydrogen (secondary N) is 1. The van der Waals surface area contributed by atoms with E-state index in [9.17, 15) is 14.7 Å². The van der Waals surface area contributed by atoms with Crippen molar-refractivity contribution >= 4 is 17.6 Å².